The summed E-state index contributed by atoms with van der Waals surface area (Å²) in [6.45, 7) is 0.750. The van der Waals surface area contributed by atoms with Crippen LogP contribution in [0.15, 0.2) is 18.3 Å². The molecule has 0 saturated heterocycles. The summed E-state index contributed by atoms with van der Waals surface area (Å²) in [5.41, 5.74) is 2.25. The Bertz CT molecular complexity index is 399. The first-order chi connectivity index (χ1) is 6.81. The second kappa shape index (κ2) is 3.49. The van der Waals surface area contributed by atoms with Crippen molar-refractivity contribution < 1.29 is 9.53 Å². The van der Waals surface area contributed by atoms with Crippen molar-refractivity contribution in [2.75, 3.05) is 7.11 Å². The van der Waals surface area contributed by atoms with Gasteiger partial charge in [0.05, 0.1) is 12.8 Å². The number of ether oxygens (including phenoxy) is 1. The largest absolute Gasteiger partial charge is 0.464 e. The topological polar surface area (TPSA) is 51.2 Å². The van der Waals surface area contributed by atoms with Gasteiger partial charge in [-0.15, -0.1) is 0 Å². The van der Waals surface area contributed by atoms with E-state index in [0.29, 0.717) is 5.69 Å². The van der Waals surface area contributed by atoms with Crippen LogP contribution in [-0.2, 0) is 11.3 Å². The Morgan fingerprint density at radius 1 is 1.57 bits per heavy atom. The van der Waals surface area contributed by atoms with E-state index in [2.05, 4.69) is 15.0 Å². The number of hydrogen-bond donors (Lipinski definition) is 1. The predicted octanol–water partition coefficient (Wildman–Crippen LogP) is 0.942. The summed E-state index contributed by atoms with van der Waals surface area (Å²) in [5.74, 6) is -0.403. The van der Waals surface area contributed by atoms with E-state index in [1.54, 1.807) is 6.07 Å². The molecular weight excluding hydrogens is 180 g/mol. The fourth-order valence-corrected chi connectivity index (χ4v) is 1.32. The molecule has 0 bridgehead atoms. The minimum atomic E-state index is -0.403. The maximum atomic E-state index is 11.2. The lowest BCUT2D eigenvalue weighted by molar-refractivity contribution is 0.0594. The number of rotatable bonds is 1. The van der Waals surface area contributed by atoms with Crippen molar-refractivity contribution in [3.05, 3.63) is 35.3 Å². The maximum absolute atomic E-state index is 11.2. The van der Waals surface area contributed by atoms with Crippen molar-refractivity contribution in [1.29, 1.82) is 0 Å². The van der Waals surface area contributed by atoms with Crippen molar-refractivity contribution in [3.63, 3.8) is 0 Å². The molecule has 0 radical (unpaired) electrons. The van der Waals surface area contributed by atoms with E-state index in [1.807, 2.05) is 18.3 Å². The first kappa shape index (κ1) is 8.74. The molecule has 1 aliphatic heterocycles. The lowest BCUT2D eigenvalue weighted by atomic mass is 10.1. The average molecular weight is 190 g/mol. The number of carbonyl (C=O) groups is 1. The molecule has 2 heterocycles. The summed E-state index contributed by atoms with van der Waals surface area (Å²) in [6.07, 6.45) is 3.65. The fraction of sp³-hybridized carbons (Fsp3) is 0.200. The van der Waals surface area contributed by atoms with Crippen LogP contribution in [0.1, 0.15) is 21.7 Å². The van der Waals surface area contributed by atoms with E-state index < -0.39 is 5.97 Å². The second-order valence-electron chi connectivity index (χ2n) is 2.95. The van der Waals surface area contributed by atoms with E-state index in [-0.39, 0.29) is 0 Å². The van der Waals surface area contributed by atoms with Crippen molar-refractivity contribution in [2.24, 2.45) is 0 Å². The van der Waals surface area contributed by atoms with Gasteiger partial charge in [0.15, 0.2) is 0 Å². The van der Waals surface area contributed by atoms with Crippen molar-refractivity contribution in [1.82, 2.24) is 10.3 Å². The summed E-state index contributed by atoms with van der Waals surface area (Å²) in [6, 6.07) is 3.55. The number of pyridine rings is 1. The summed E-state index contributed by atoms with van der Waals surface area (Å²) in [4.78, 5) is 15.4. The highest BCUT2D eigenvalue weighted by atomic mass is 16.5. The van der Waals surface area contributed by atoms with Crippen LogP contribution in [0.5, 0.6) is 0 Å². The summed E-state index contributed by atoms with van der Waals surface area (Å²) < 4.78 is 4.59. The van der Waals surface area contributed by atoms with Gasteiger partial charge < -0.3 is 10.1 Å². The quantitative estimate of drug-likeness (QED) is 0.669. The SMILES string of the molecule is COC(=O)c1ccc2c(n1)C=CNC2. The normalized spacial score (nSPS) is 12.9. The fourth-order valence-electron chi connectivity index (χ4n) is 1.32. The van der Waals surface area contributed by atoms with Crippen molar-refractivity contribution in [3.8, 4) is 0 Å². The Morgan fingerprint density at radius 3 is 3.21 bits per heavy atom. The van der Waals surface area contributed by atoms with Gasteiger partial charge in [-0.05, 0) is 23.9 Å². The van der Waals surface area contributed by atoms with Gasteiger partial charge in [0.25, 0.3) is 0 Å². The van der Waals surface area contributed by atoms with Crippen molar-refractivity contribution in [2.45, 2.75) is 6.54 Å². The highest BCUT2D eigenvalue weighted by Gasteiger charge is 2.11. The standard InChI is InChI=1S/C10H10N2O2/c1-14-10(13)9-3-2-7-6-11-5-4-8(7)12-9/h2-5,11H,6H2,1H3. The summed E-state index contributed by atoms with van der Waals surface area (Å²) in [7, 11) is 1.35. The zero-order valence-electron chi connectivity index (χ0n) is 7.78. The van der Waals surface area contributed by atoms with Crippen LogP contribution in [0.2, 0.25) is 0 Å². The third kappa shape index (κ3) is 1.46. The van der Waals surface area contributed by atoms with E-state index in [1.165, 1.54) is 7.11 Å². The molecule has 0 spiro atoms. The number of hydrogen-bond acceptors (Lipinski definition) is 4. The molecule has 0 fully saturated rings. The first-order valence-electron chi connectivity index (χ1n) is 4.29. The number of esters is 1. The van der Waals surface area contributed by atoms with E-state index in [4.69, 9.17) is 0 Å². The van der Waals surface area contributed by atoms with Crippen molar-refractivity contribution >= 4 is 12.0 Å². The number of carbonyl (C=O) groups excluding carboxylic acids is 1. The first-order valence-corrected chi connectivity index (χ1v) is 4.29. The molecule has 0 saturated carbocycles. The summed E-state index contributed by atoms with van der Waals surface area (Å²) >= 11 is 0. The van der Waals surface area contributed by atoms with Crippen LogP contribution < -0.4 is 5.32 Å². The van der Waals surface area contributed by atoms with Crippen LogP contribution in [0.25, 0.3) is 6.08 Å². The molecule has 14 heavy (non-hydrogen) atoms. The minimum absolute atomic E-state index is 0.345. The molecule has 4 heteroatoms. The monoisotopic (exact) mass is 190 g/mol. The molecule has 0 unspecified atom stereocenters. The van der Waals surface area contributed by atoms with Crippen LogP contribution in [0, 0.1) is 0 Å². The van der Waals surface area contributed by atoms with Crippen LogP contribution in [-0.4, -0.2) is 18.1 Å². The molecule has 72 valence electrons. The molecule has 1 aromatic heterocycles. The molecule has 1 aromatic rings. The van der Waals surface area contributed by atoms with Gasteiger partial charge in [0.2, 0.25) is 0 Å². The molecule has 0 aliphatic carbocycles. The molecular formula is C10H10N2O2. The van der Waals surface area contributed by atoms with Crippen LogP contribution >= 0.6 is 0 Å². The second-order valence-corrected chi connectivity index (χ2v) is 2.95. The Kier molecular flexibility index (Phi) is 2.18. The van der Waals surface area contributed by atoms with Gasteiger partial charge >= 0.3 is 5.97 Å². The average Bonchev–Trinajstić information content (AvgIpc) is 2.27. The molecule has 2 rings (SSSR count). The Labute approximate surface area is 81.6 Å². The number of aromatic nitrogens is 1. The third-order valence-corrected chi connectivity index (χ3v) is 2.06. The molecule has 1 aliphatic rings. The Hall–Kier alpha value is -1.84. The smallest absolute Gasteiger partial charge is 0.356 e. The van der Waals surface area contributed by atoms with Gasteiger partial charge in [0, 0.05) is 6.54 Å². The summed E-state index contributed by atoms with van der Waals surface area (Å²) in [5, 5.41) is 3.07. The van der Waals surface area contributed by atoms with Crippen LogP contribution in [0.3, 0.4) is 0 Å². The molecule has 4 nitrogen and oxygen atoms in total. The molecule has 0 amide bonds. The maximum Gasteiger partial charge on any atom is 0.356 e. The predicted molar refractivity (Wildman–Crippen MR) is 51.5 cm³/mol. The molecule has 0 atom stereocenters. The number of nitrogens with one attached hydrogen (secondary N) is 1. The van der Waals surface area contributed by atoms with E-state index in [0.717, 1.165) is 17.8 Å². The number of nitrogens with zero attached hydrogens (tertiary/aromatic N) is 1. The van der Waals surface area contributed by atoms with Gasteiger partial charge in [-0.3, -0.25) is 0 Å². The third-order valence-electron chi connectivity index (χ3n) is 2.06. The highest BCUT2D eigenvalue weighted by molar-refractivity contribution is 5.87. The number of fused-ring (bicyclic) bond motifs is 1. The highest BCUT2D eigenvalue weighted by Crippen LogP contribution is 2.13. The molecule has 1 N–H and O–H groups in total. The van der Waals surface area contributed by atoms with Gasteiger partial charge in [-0.2, -0.15) is 0 Å². The lowest BCUT2D eigenvalue weighted by Gasteiger charge is -2.11. The Balaban J connectivity index is 2.40. The van der Waals surface area contributed by atoms with Gasteiger partial charge in [0.1, 0.15) is 5.69 Å². The van der Waals surface area contributed by atoms with E-state index >= 15 is 0 Å². The zero-order valence-corrected chi connectivity index (χ0v) is 7.78. The molecule has 0 aromatic carbocycles. The van der Waals surface area contributed by atoms with Crippen LogP contribution in [0.4, 0.5) is 0 Å². The number of methoxy groups -OCH3 is 1. The lowest BCUT2D eigenvalue weighted by Crippen LogP contribution is -2.13. The van der Waals surface area contributed by atoms with Gasteiger partial charge in [-0.25, -0.2) is 9.78 Å². The van der Waals surface area contributed by atoms with E-state index in [9.17, 15) is 4.79 Å². The zero-order chi connectivity index (χ0) is 9.97. The van der Waals surface area contributed by atoms with Gasteiger partial charge in [-0.1, -0.05) is 6.07 Å². The minimum Gasteiger partial charge on any atom is -0.464 e. The Morgan fingerprint density at radius 2 is 2.43 bits per heavy atom.